The summed E-state index contributed by atoms with van der Waals surface area (Å²) in [4.78, 5) is 34.8. The molecule has 5 rings (SSSR count). The van der Waals surface area contributed by atoms with Gasteiger partial charge in [0.05, 0.1) is 6.54 Å². The van der Waals surface area contributed by atoms with Crippen LogP contribution in [0.1, 0.15) is 44.6 Å². The lowest BCUT2D eigenvalue weighted by Crippen LogP contribution is -2.66. The maximum absolute atomic E-state index is 13.6. The third-order valence-electron chi connectivity index (χ3n) is 7.39. The van der Waals surface area contributed by atoms with Crippen molar-refractivity contribution in [2.45, 2.75) is 70.1 Å². The molecule has 1 saturated carbocycles. The summed E-state index contributed by atoms with van der Waals surface area (Å²) in [6, 6.07) is 7.31. The van der Waals surface area contributed by atoms with E-state index in [1.54, 1.807) is 18.0 Å². The van der Waals surface area contributed by atoms with Crippen molar-refractivity contribution in [2.75, 3.05) is 20.1 Å². The molecule has 4 atom stereocenters. The molecule has 8 heteroatoms. The van der Waals surface area contributed by atoms with E-state index in [1.165, 1.54) is 37.0 Å². The number of urea groups is 1. The SMILES string of the molecule is CC1CN(C2CCCCC2)C2NC3C(C(=O)N(Cc4cccc(Cl)c4)C(=O)N3C)N2C1. The number of likely N-dealkylation sites (N-methyl/N-ethyl adjacent to an activating group) is 1. The Morgan fingerprint density at radius 2 is 1.84 bits per heavy atom. The molecular weight excluding hydrogens is 414 g/mol. The van der Waals surface area contributed by atoms with E-state index in [4.69, 9.17) is 11.6 Å². The Labute approximate surface area is 189 Å². The molecule has 1 N–H and O–H groups in total. The molecule has 168 valence electrons. The van der Waals surface area contributed by atoms with Crippen molar-refractivity contribution in [3.63, 3.8) is 0 Å². The van der Waals surface area contributed by atoms with Gasteiger partial charge < -0.3 is 4.90 Å². The van der Waals surface area contributed by atoms with Crippen LogP contribution in [-0.2, 0) is 11.3 Å². The van der Waals surface area contributed by atoms with E-state index in [0.29, 0.717) is 17.0 Å². The van der Waals surface area contributed by atoms with E-state index in [1.807, 2.05) is 18.2 Å². The zero-order valence-electron chi connectivity index (χ0n) is 18.3. The van der Waals surface area contributed by atoms with Gasteiger partial charge in [-0.15, -0.1) is 0 Å². The summed E-state index contributed by atoms with van der Waals surface area (Å²) in [6.07, 6.45) is 6.03. The van der Waals surface area contributed by atoms with Gasteiger partial charge in [-0.25, -0.2) is 4.79 Å². The Bertz CT molecular complexity index is 860. The third-order valence-corrected chi connectivity index (χ3v) is 7.63. The quantitative estimate of drug-likeness (QED) is 0.775. The lowest BCUT2D eigenvalue weighted by Gasteiger charge is -2.48. The normalized spacial score (nSPS) is 33.0. The highest BCUT2D eigenvalue weighted by atomic mass is 35.5. The number of carbonyl (C=O) groups excluding carboxylic acids is 2. The van der Waals surface area contributed by atoms with Gasteiger partial charge in [0, 0.05) is 31.2 Å². The summed E-state index contributed by atoms with van der Waals surface area (Å²) in [6.45, 7) is 4.41. The first-order valence-corrected chi connectivity index (χ1v) is 11.9. The Hall–Kier alpha value is -1.67. The topological polar surface area (TPSA) is 59.1 Å². The van der Waals surface area contributed by atoms with E-state index in [2.05, 4.69) is 22.0 Å². The summed E-state index contributed by atoms with van der Waals surface area (Å²) >= 11 is 6.13. The van der Waals surface area contributed by atoms with Crippen molar-refractivity contribution in [2.24, 2.45) is 5.92 Å². The van der Waals surface area contributed by atoms with Gasteiger partial charge in [-0.2, -0.15) is 0 Å². The molecule has 0 aromatic heterocycles. The van der Waals surface area contributed by atoms with Gasteiger partial charge in [0.2, 0.25) is 0 Å². The molecule has 4 unspecified atom stereocenters. The fourth-order valence-electron chi connectivity index (χ4n) is 5.94. The highest BCUT2D eigenvalue weighted by molar-refractivity contribution is 6.30. The van der Waals surface area contributed by atoms with Gasteiger partial charge in [-0.1, -0.05) is 49.9 Å². The molecule has 0 radical (unpaired) electrons. The predicted octanol–water partition coefficient (Wildman–Crippen LogP) is 2.90. The van der Waals surface area contributed by atoms with Crippen LogP contribution in [0.15, 0.2) is 24.3 Å². The number of fused-ring (bicyclic) bond motifs is 3. The maximum Gasteiger partial charge on any atom is 0.328 e. The number of imide groups is 1. The second kappa shape index (κ2) is 8.35. The first-order chi connectivity index (χ1) is 14.9. The van der Waals surface area contributed by atoms with Crippen molar-refractivity contribution >= 4 is 23.5 Å². The fourth-order valence-corrected chi connectivity index (χ4v) is 6.15. The number of hydrogen-bond acceptors (Lipinski definition) is 5. The average Bonchev–Trinajstić information content (AvgIpc) is 3.15. The molecule has 1 aliphatic carbocycles. The second-order valence-electron chi connectivity index (χ2n) is 9.67. The number of benzene rings is 1. The van der Waals surface area contributed by atoms with Crippen molar-refractivity contribution in [1.29, 1.82) is 0 Å². The average molecular weight is 446 g/mol. The molecule has 3 amide bonds. The van der Waals surface area contributed by atoms with E-state index in [0.717, 1.165) is 18.7 Å². The van der Waals surface area contributed by atoms with Crippen LogP contribution in [0.5, 0.6) is 0 Å². The van der Waals surface area contributed by atoms with Crippen molar-refractivity contribution in [3.8, 4) is 0 Å². The number of carbonyl (C=O) groups is 2. The monoisotopic (exact) mass is 445 g/mol. The molecule has 4 fully saturated rings. The van der Waals surface area contributed by atoms with Gasteiger partial charge in [-0.05, 0) is 36.5 Å². The zero-order chi connectivity index (χ0) is 21.7. The molecule has 3 saturated heterocycles. The molecule has 0 bridgehead atoms. The van der Waals surface area contributed by atoms with Crippen LogP contribution >= 0.6 is 11.6 Å². The Kier molecular flexibility index (Phi) is 5.71. The first kappa shape index (κ1) is 21.2. The highest BCUT2D eigenvalue weighted by Gasteiger charge is 2.57. The fraction of sp³-hybridized carbons (Fsp3) is 0.652. The minimum atomic E-state index is -0.360. The Balaban J connectivity index is 1.42. The summed E-state index contributed by atoms with van der Waals surface area (Å²) in [7, 11) is 1.80. The van der Waals surface area contributed by atoms with Crippen LogP contribution in [0.4, 0.5) is 4.79 Å². The molecule has 0 spiro atoms. The van der Waals surface area contributed by atoms with Gasteiger partial charge >= 0.3 is 6.03 Å². The predicted molar refractivity (Wildman–Crippen MR) is 119 cm³/mol. The van der Waals surface area contributed by atoms with Crippen LogP contribution < -0.4 is 5.32 Å². The van der Waals surface area contributed by atoms with Gasteiger partial charge in [0.15, 0.2) is 0 Å². The smallest absolute Gasteiger partial charge is 0.310 e. The zero-order valence-corrected chi connectivity index (χ0v) is 19.1. The van der Waals surface area contributed by atoms with Crippen molar-refractivity contribution < 1.29 is 9.59 Å². The van der Waals surface area contributed by atoms with Crippen molar-refractivity contribution in [3.05, 3.63) is 34.9 Å². The highest BCUT2D eigenvalue weighted by Crippen LogP contribution is 2.36. The molecule has 3 aliphatic heterocycles. The number of hydrogen-bond donors (Lipinski definition) is 1. The minimum Gasteiger partial charge on any atom is -0.310 e. The summed E-state index contributed by atoms with van der Waals surface area (Å²) < 4.78 is 0. The lowest BCUT2D eigenvalue weighted by molar-refractivity contribution is -0.142. The largest absolute Gasteiger partial charge is 0.328 e. The van der Waals surface area contributed by atoms with E-state index < -0.39 is 0 Å². The van der Waals surface area contributed by atoms with Crippen LogP contribution in [-0.4, -0.2) is 76.2 Å². The first-order valence-electron chi connectivity index (χ1n) is 11.5. The van der Waals surface area contributed by atoms with Crippen molar-refractivity contribution in [1.82, 2.24) is 24.9 Å². The van der Waals surface area contributed by atoms with Crippen LogP contribution in [0.25, 0.3) is 0 Å². The van der Waals surface area contributed by atoms with E-state index >= 15 is 0 Å². The standard InChI is InChI=1S/C23H32ClN5O2/c1-15-12-27(18-9-4-3-5-10-18)22-25-20-19(28(22)13-15)21(30)29(23(31)26(20)2)14-16-7-6-8-17(24)11-16/h6-8,11,15,18-20,22,25H,3-5,9-10,12-14H2,1-2H3. The van der Waals surface area contributed by atoms with Gasteiger partial charge in [0.1, 0.15) is 18.5 Å². The summed E-state index contributed by atoms with van der Waals surface area (Å²) in [5.41, 5.74) is 0.861. The lowest BCUT2D eigenvalue weighted by atomic mass is 9.92. The number of nitrogens with zero attached hydrogens (tertiary/aromatic N) is 4. The molecular formula is C23H32ClN5O2. The van der Waals surface area contributed by atoms with Crippen LogP contribution in [0.3, 0.4) is 0 Å². The molecule has 1 aromatic rings. The Morgan fingerprint density at radius 3 is 2.58 bits per heavy atom. The minimum absolute atomic E-state index is 0.0135. The van der Waals surface area contributed by atoms with Gasteiger partial charge in [0.25, 0.3) is 5.91 Å². The number of nitrogens with one attached hydrogen (secondary N) is 1. The second-order valence-corrected chi connectivity index (χ2v) is 10.1. The summed E-state index contributed by atoms with van der Waals surface area (Å²) in [5.74, 6) is 0.372. The third kappa shape index (κ3) is 3.75. The molecule has 1 aromatic carbocycles. The number of halogens is 1. The molecule has 7 nitrogen and oxygen atoms in total. The number of amides is 3. The van der Waals surface area contributed by atoms with E-state index in [-0.39, 0.29) is 37.0 Å². The maximum atomic E-state index is 13.6. The molecule has 31 heavy (non-hydrogen) atoms. The van der Waals surface area contributed by atoms with E-state index in [9.17, 15) is 9.59 Å². The summed E-state index contributed by atoms with van der Waals surface area (Å²) in [5, 5.41) is 4.26. The number of rotatable bonds is 3. The Morgan fingerprint density at radius 1 is 1.10 bits per heavy atom. The van der Waals surface area contributed by atoms with Gasteiger partial charge in [-0.3, -0.25) is 24.8 Å². The van der Waals surface area contributed by atoms with Crippen LogP contribution in [0, 0.1) is 5.92 Å². The molecule has 4 aliphatic rings. The molecule has 3 heterocycles. The van der Waals surface area contributed by atoms with Crippen LogP contribution in [0.2, 0.25) is 5.02 Å².